The predicted molar refractivity (Wildman–Crippen MR) is 211 cm³/mol. The zero-order chi connectivity index (χ0) is 37.6. The molecule has 2 bridgehead atoms. The fraction of sp³-hybridized carbons (Fsp3) is 0.450. The number of nitrogens with zero attached hydrogens (tertiary/aromatic N) is 10. The third-order valence-electron chi connectivity index (χ3n) is 11.6. The maximum absolute atomic E-state index is 12.3. The zero-order valence-corrected chi connectivity index (χ0v) is 31.9. The molecule has 4 aliphatic rings. The summed E-state index contributed by atoms with van der Waals surface area (Å²) in [5.41, 5.74) is 5.75. The number of anilines is 3. The molecule has 282 valence electrons. The van der Waals surface area contributed by atoms with Gasteiger partial charge in [0.2, 0.25) is 16.9 Å². The van der Waals surface area contributed by atoms with E-state index in [0.29, 0.717) is 36.4 Å². The van der Waals surface area contributed by atoms with Gasteiger partial charge in [0, 0.05) is 75.4 Å². The molecule has 0 aromatic carbocycles. The van der Waals surface area contributed by atoms with Crippen molar-refractivity contribution in [2.45, 2.75) is 76.4 Å². The van der Waals surface area contributed by atoms with Gasteiger partial charge in [-0.2, -0.15) is 10.4 Å². The first kappa shape index (κ1) is 35.3. The van der Waals surface area contributed by atoms with Crippen LogP contribution in [-0.4, -0.2) is 97.3 Å². The van der Waals surface area contributed by atoms with Crippen LogP contribution in [-0.2, 0) is 9.59 Å². The van der Waals surface area contributed by atoms with Crippen molar-refractivity contribution >= 4 is 45.3 Å². The van der Waals surface area contributed by atoms with Crippen LogP contribution in [0.5, 0.6) is 0 Å². The lowest BCUT2D eigenvalue weighted by atomic mass is 9.91. The topological polar surface area (TPSA) is 161 Å². The lowest BCUT2D eigenvalue weighted by Gasteiger charge is -2.43. The fourth-order valence-corrected chi connectivity index (χ4v) is 9.68. The second-order valence-corrected chi connectivity index (χ2v) is 16.5. The van der Waals surface area contributed by atoms with E-state index in [0.717, 1.165) is 95.2 Å². The number of nitrogens with one attached hydrogen (secondary N) is 2. The van der Waals surface area contributed by atoms with Crippen LogP contribution in [0.1, 0.15) is 69.4 Å². The molecule has 0 saturated carbocycles. The third kappa shape index (κ3) is 7.00. The minimum absolute atomic E-state index is 0.195. The summed E-state index contributed by atoms with van der Waals surface area (Å²) in [5, 5.41) is 31.0. The first-order chi connectivity index (χ1) is 26.8. The van der Waals surface area contributed by atoms with Gasteiger partial charge in [-0.25, -0.2) is 9.50 Å². The number of piperidine rings is 2. The number of piperazine rings is 1. The fourth-order valence-electron chi connectivity index (χ4n) is 8.79. The summed E-state index contributed by atoms with van der Waals surface area (Å²) < 4.78 is 1.81. The average molecular weight is 757 g/mol. The minimum Gasteiger partial charge on any atom is -0.382 e. The molecular formula is C40H44N12O2S. The Morgan fingerprint density at radius 2 is 1.76 bits per heavy atom. The number of amides is 2. The van der Waals surface area contributed by atoms with Crippen molar-refractivity contribution < 1.29 is 9.59 Å². The third-order valence-corrected chi connectivity index (χ3v) is 12.6. The van der Waals surface area contributed by atoms with Gasteiger partial charge in [0.1, 0.15) is 11.9 Å². The van der Waals surface area contributed by atoms with Crippen molar-refractivity contribution in [1.82, 2.24) is 40.0 Å². The normalized spacial score (nSPS) is 22.0. The van der Waals surface area contributed by atoms with E-state index < -0.39 is 0 Å². The Balaban J connectivity index is 0.828. The molecule has 2 amide bonds. The molecule has 55 heavy (non-hydrogen) atoms. The van der Waals surface area contributed by atoms with E-state index in [-0.39, 0.29) is 23.8 Å². The molecule has 0 spiro atoms. The Morgan fingerprint density at radius 3 is 2.49 bits per heavy atom. The molecule has 3 atom stereocenters. The van der Waals surface area contributed by atoms with E-state index in [2.05, 4.69) is 61.5 Å². The van der Waals surface area contributed by atoms with Crippen LogP contribution in [0.25, 0.3) is 27.5 Å². The molecule has 9 heterocycles. The summed E-state index contributed by atoms with van der Waals surface area (Å²) in [4.78, 5) is 41.0. The molecule has 14 nitrogen and oxygen atoms in total. The maximum atomic E-state index is 12.3. The Bertz CT molecular complexity index is 2260. The Morgan fingerprint density at radius 1 is 0.945 bits per heavy atom. The number of hydrogen-bond acceptors (Lipinski definition) is 13. The highest BCUT2D eigenvalue weighted by Crippen LogP contribution is 2.39. The van der Waals surface area contributed by atoms with Crippen LogP contribution in [0.2, 0.25) is 0 Å². The molecule has 0 radical (unpaired) electrons. The monoisotopic (exact) mass is 756 g/mol. The average Bonchev–Trinajstić information content (AvgIpc) is 3.90. The number of pyridine rings is 2. The van der Waals surface area contributed by atoms with E-state index >= 15 is 0 Å². The first-order valence-electron chi connectivity index (χ1n) is 19.3. The first-order valence-corrected chi connectivity index (χ1v) is 20.1. The van der Waals surface area contributed by atoms with E-state index in [9.17, 15) is 14.9 Å². The van der Waals surface area contributed by atoms with Crippen molar-refractivity contribution in [2.24, 2.45) is 5.92 Å². The van der Waals surface area contributed by atoms with Gasteiger partial charge in [-0.1, -0.05) is 17.4 Å². The summed E-state index contributed by atoms with van der Waals surface area (Å²) in [5.74, 6) is 0.893. The van der Waals surface area contributed by atoms with Crippen LogP contribution in [0.4, 0.5) is 16.6 Å². The molecule has 4 saturated heterocycles. The molecule has 4 aliphatic heterocycles. The number of carbonyl (C=O) groups is 2. The van der Waals surface area contributed by atoms with Crippen molar-refractivity contribution in [2.75, 3.05) is 47.8 Å². The van der Waals surface area contributed by atoms with Crippen LogP contribution >= 0.6 is 11.3 Å². The van der Waals surface area contributed by atoms with Gasteiger partial charge in [-0.15, -0.1) is 10.2 Å². The molecule has 5 aromatic rings. The highest BCUT2D eigenvalue weighted by atomic mass is 32.1. The van der Waals surface area contributed by atoms with Gasteiger partial charge < -0.3 is 15.1 Å². The molecule has 5 aromatic heterocycles. The number of hydrogen-bond donors (Lipinski definition) is 2. The van der Waals surface area contributed by atoms with Crippen LogP contribution in [0.3, 0.4) is 0 Å². The summed E-state index contributed by atoms with van der Waals surface area (Å²) in [6, 6.07) is 15.2. The van der Waals surface area contributed by atoms with Crippen LogP contribution in [0.15, 0.2) is 55.0 Å². The standard InChI is InChI=1S/C40H44N12O2S/c1-24(2)45-33-16-34(35-8-6-28-15-26(17-41)18-44-52(28)35)42-20-32(33)39-47-48-40(55-39)50-22-29-4-5-30(23-50)51(29)21-25-11-13-49(14-12-25)36-9-3-27(19-43-36)31-7-10-37(53)46-38(31)54/h3,6,8-9,15-16,18-20,24-25,29-31H,4-5,7,10-14,21-23H2,1-2H3,(H,42,45)(H,46,53,54)/t29?,30?,31-/m0/s1. The van der Waals surface area contributed by atoms with Crippen molar-refractivity contribution in [3.05, 3.63) is 66.1 Å². The minimum atomic E-state index is -0.304. The van der Waals surface area contributed by atoms with Gasteiger partial charge in [0.25, 0.3) is 0 Å². The molecular weight excluding hydrogens is 713 g/mol. The second-order valence-electron chi connectivity index (χ2n) is 15.6. The summed E-state index contributed by atoms with van der Waals surface area (Å²) in [7, 11) is 0. The number of aromatic nitrogens is 6. The number of rotatable bonds is 9. The van der Waals surface area contributed by atoms with Gasteiger partial charge in [0.15, 0.2) is 5.01 Å². The van der Waals surface area contributed by atoms with E-state index in [1.807, 2.05) is 47.2 Å². The predicted octanol–water partition coefficient (Wildman–Crippen LogP) is 5.09. The molecule has 4 fully saturated rings. The lowest BCUT2D eigenvalue weighted by Crippen LogP contribution is -2.55. The van der Waals surface area contributed by atoms with E-state index in [1.54, 1.807) is 17.5 Å². The number of carbonyl (C=O) groups excluding carboxylic acids is 2. The summed E-state index contributed by atoms with van der Waals surface area (Å²) in [6.45, 7) is 9.25. The largest absolute Gasteiger partial charge is 0.382 e. The molecule has 2 unspecified atom stereocenters. The Labute approximate surface area is 323 Å². The van der Waals surface area contributed by atoms with Gasteiger partial charge >= 0.3 is 0 Å². The molecule has 15 heteroatoms. The van der Waals surface area contributed by atoms with Crippen LogP contribution in [0, 0.1) is 17.2 Å². The van der Waals surface area contributed by atoms with Gasteiger partial charge in [0.05, 0.1) is 40.1 Å². The summed E-state index contributed by atoms with van der Waals surface area (Å²) >= 11 is 1.63. The van der Waals surface area contributed by atoms with Gasteiger partial charge in [-0.3, -0.25) is 24.8 Å². The van der Waals surface area contributed by atoms with E-state index in [4.69, 9.17) is 15.1 Å². The number of fused-ring (bicyclic) bond motifs is 3. The van der Waals surface area contributed by atoms with Gasteiger partial charge in [-0.05, 0) is 87.8 Å². The van der Waals surface area contributed by atoms with E-state index in [1.165, 1.54) is 12.8 Å². The zero-order valence-electron chi connectivity index (χ0n) is 31.1. The van der Waals surface area contributed by atoms with Crippen molar-refractivity contribution in [3.8, 4) is 28.0 Å². The number of nitriles is 1. The quantitative estimate of drug-likeness (QED) is 0.192. The molecule has 0 aliphatic carbocycles. The Hall–Kier alpha value is -5.46. The Kier molecular flexibility index (Phi) is 9.39. The smallest absolute Gasteiger partial charge is 0.234 e. The highest BCUT2D eigenvalue weighted by molar-refractivity contribution is 7.18. The summed E-state index contributed by atoms with van der Waals surface area (Å²) in [6.07, 6.45) is 10.9. The SMILES string of the molecule is CC(C)Nc1cc(-c2ccc3cc(C#N)cnn23)ncc1-c1nnc(N2CC3CCC(C2)N3CC2CCN(c3ccc([C@@H]4CCC(=O)NC4=O)cn3)CC2)s1. The second kappa shape index (κ2) is 14.6. The molecule has 9 rings (SSSR count). The van der Waals surface area contributed by atoms with Crippen LogP contribution < -0.4 is 20.4 Å². The number of imide groups is 1. The lowest BCUT2D eigenvalue weighted by molar-refractivity contribution is -0.134. The maximum Gasteiger partial charge on any atom is 0.234 e. The highest BCUT2D eigenvalue weighted by Gasteiger charge is 2.42. The van der Waals surface area contributed by atoms with Crippen molar-refractivity contribution in [1.29, 1.82) is 5.26 Å². The van der Waals surface area contributed by atoms with Crippen molar-refractivity contribution in [3.63, 3.8) is 0 Å². The molecule has 2 N–H and O–H groups in total.